The smallest absolute Gasteiger partial charge is 0.228 e. The van der Waals surface area contributed by atoms with Crippen LogP contribution in [0.1, 0.15) is 0 Å². The molecule has 1 fully saturated rings. The van der Waals surface area contributed by atoms with Gasteiger partial charge in [0.15, 0.2) is 0 Å². The molecule has 1 amide bonds. The third-order valence-electron chi connectivity index (χ3n) is 3.88. The van der Waals surface area contributed by atoms with Gasteiger partial charge in [0.1, 0.15) is 11.6 Å². The zero-order valence-electron chi connectivity index (χ0n) is 12.5. The van der Waals surface area contributed by atoms with Gasteiger partial charge >= 0.3 is 0 Å². The minimum Gasteiger partial charge on any atom is -0.497 e. The number of amides is 1. The number of anilines is 1. The lowest BCUT2D eigenvalue weighted by Crippen LogP contribution is -2.53. The number of hydrogen-bond acceptors (Lipinski definition) is 4. The second kappa shape index (κ2) is 5.24. The van der Waals surface area contributed by atoms with Crippen LogP contribution in [0.2, 0.25) is 0 Å². The van der Waals surface area contributed by atoms with Crippen molar-refractivity contribution in [1.82, 2.24) is 9.88 Å². The van der Waals surface area contributed by atoms with Crippen LogP contribution in [0.3, 0.4) is 0 Å². The minimum atomic E-state index is 0.0911. The SMILES string of the molecule is COc1ccc2nc(N3CC(C(=O)N(C)C)C3)ccc2c1. The van der Waals surface area contributed by atoms with Crippen LogP contribution in [0.4, 0.5) is 5.82 Å². The summed E-state index contributed by atoms with van der Waals surface area (Å²) < 4.78 is 5.21. The molecule has 1 saturated heterocycles. The van der Waals surface area contributed by atoms with Gasteiger partial charge in [0.25, 0.3) is 0 Å². The summed E-state index contributed by atoms with van der Waals surface area (Å²) in [7, 11) is 5.25. The summed E-state index contributed by atoms with van der Waals surface area (Å²) in [4.78, 5) is 20.3. The molecule has 0 N–H and O–H groups in total. The van der Waals surface area contributed by atoms with Gasteiger partial charge in [-0.25, -0.2) is 4.98 Å². The second-order valence-corrected chi connectivity index (χ2v) is 5.56. The van der Waals surface area contributed by atoms with Gasteiger partial charge < -0.3 is 14.5 Å². The number of carbonyl (C=O) groups excluding carboxylic acids is 1. The number of methoxy groups -OCH3 is 1. The van der Waals surface area contributed by atoms with E-state index in [0.29, 0.717) is 0 Å². The van der Waals surface area contributed by atoms with Crippen LogP contribution in [0, 0.1) is 5.92 Å². The third-order valence-corrected chi connectivity index (χ3v) is 3.88. The topological polar surface area (TPSA) is 45.7 Å². The Labute approximate surface area is 124 Å². The Morgan fingerprint density at radius 2 is 2.05 bits per heavy atom. The molecule has 0 bridgehead atoms. The fourth-order valence-electron chi connectivity index (χ4n) is 2.58. The van der Waals surface area contributed by atoms with E-state index in [9.17, 15) is 4.79 Å². The molecule has 1 aromatic heterocycles. The molecule has 1 aliphatic rings. The van der Waals surface area contributed by atoms with Crippen molar-refractivity contribution in [2.75, 3.05) is 39.2 Å². The number of nitrogens with zero attached hydrogens (tertiary/aromatic N) is 3. The molecular formula is C16H19N3O2. The average molecular weight is 285 g/mol. The molecule has 0 aliphatic carbocycles. The van der Waals surface area contributed by atoms with Gasteiger partial charge in [-0.15, -0.1) is 0 Å². The Morgan fingerprint density at radius 1 is 1.29 bits per heavy atom. The first-order valence-electron chi connectivity index (χ1n) is 6.99. The van der Waals surface area contributed by atoms with Gasteiger partial charge in [0.2, 0.25) is 5.91 Å². The molecule has 3 rings (SSSR count). The predicted octanol–water partition coefficient (Wildman–Crippen LogP) is 1.77. The normalized spacial score (nSPS) is 14.9. The van der Waals surface area contributed by atoms with Gasteiger partial charge in [0.05, 0.1) is 18.5 Å². The summed E-state index contributed by atoms with van der Waals surface area (Å²) >= 11 is 0. The summed E-state index contributed by atoms with van der Waals surface area (Å²) in [5.41, 5.74) is 0.940. The number of hydrogen-bond donors (Lipinski definition) is 0. The van der Waals surface area contributed by atoms with Crippen LogP contribution in [0.5, 0.6) is 5.75 Å². The van der Waals surface area contributed by atoms with Gasteiger partial charge in [-0.3, -0.25) is 4.79 Å². The molecule has 2 heterocycles. The predicted molar refractivity (Wildman–Crippen MR) is 82.7 cm³/mol. The zero-order chi connectivity index (χ0) is 15.0. The highest BCUT2D eigenvalue weighted by atomic mass is 16.5. The van der Waals surface area contributed by atoms with Crippen molar-refractivity contribution in [3.8, 4) is 5.75 Å². The number of fused-ring (bicyclic) bond motifs is 1. The van der Waals surface area contributed by atoms with E-state index in [2.05, 4.69) is 9.88 Å². The zero-order valence-corrected chi connectivity index (χ0v) is 12.5. The van der Waals surface area contributed by atoms with E-state index in [4.69, 9.17) is 4.74 Å². The molecule has 0 spiro atoms. The maximum Gasteiger partial charge on any atom is 0.228 e. The maximum atomic E-state index is 11.8. The lowest BCUT2D eigenvalue weighted by Gasteiger charge is -2.40. The third kappa shape index (κ3) is 2.51. The summed E-state index contributed by atoms with van der Waals surface area (Å²) in [5, 5.41) is 1.06. The minimum absolute atomic E-state index is 0.0911. The Balaban J connectivity index is 1.76. The van der Waals surface area contributed by atoms with Crippen molar-refractivity contribution in [3.63, 3.8) is 0 Å². The van der Waals surface area contributed by atoms with Crippen LogP contribution < -0.4 is 9.64 Å². The number of benzene rings is 1. The van der Waals surface area contributed by atoms with E-state index in [1.807, 2.05) is 30.3 Å². The van der Waals surface area contributed by atoms with Gasteiger partial charge in [-0.05, 0) is 30.3 Å². The van der Waals surface area contributed by atoms with E-state index >= 15 is 0 Å². The molecule has 0 atom stereocenters. The van der Waals surface area contributed by atoms with Gasteiger partial charge in [0, 0.05) is 32.6 Å². The van der Waals surface area contributed by atoms with Crippen LogP contribution in [0.15, 0.2) is 30.3 Å². The molecule has 0 radical (unpaired) electrons. The average Bonchev–Trinajstić information content (AvgIpc) is 2.44. The van der Waals surface area contributed by atoms with E-state index in [-0.39, 0.29) is 11.8 Å². The van der Waals surface area contributed by atoms with Crippen LogP contribution >= 0.6 is 0 Å². The van der Waals surface area contributed by atoms with Crippen molar-refractivity contribution in [2.24, 2.45) is 5.92 Å². The summed E-state index contributed by atoms with van der Waals surface area (Å²) in [6.45, 7) is 1.48. The molecule has 2 aromatic rings. The Bertz CT molecular complexity index is 678. The first kappa shape index (κ1) is 13.7. The van der Waals surface area contributed by atoms with Crippen molar-refractivity contribution >= 4 is 22.6 Å². The van der Waals surface area contributed by atoms with Crippen molar-refractivity contribution in [2.45, 2.75) is 0 Å². The van der Waals surface area contributed by atoms with Gasteiger partial charge in [-0.1, -0.05) is 0 Å². The second-order valence-electron chi connectivity index (χ2n) is 5.56. The highest BCUT2D eigenvalue weighted by Crippen LogP contribution is 2.27. The standard InChI is InChI=1S/C16H19N3O2/c1-18(2)16(20)12-9-19(10-12)15-7-4-11-8-13(21-3)5-6-14(11)17-15/h4-8,12H,9-10H2,1-3H3. The number of pyridine rings is 1. The van der Waals surface area contributed by atoms with Gasteiger partial charge in [-0.2, -0.15) is 0 Å². The number of ether oxygens (including phenoxy) is 1. The largest absolute Gasteiger partial charge is 0.497 e. The van der Waals surface area contributed by atoms with E-state index in [1.54, 1.807) is 26.1 Å². The molecule has 1 aliphatic heterocycles. The molecule has 1 aromatic carbocycles. The van der Waals surface area contributed by atoms with Crippen molar-refractivity contribution < 1.29 is 9.53 Å². The molecule has 0 unspecified atom stereocenters. The first-order chi connectivity index (χ1) is 10.1. The summed E-state index contributed by atoms with van der Waals surface area (Å²) in [6, 6.07) is 9.88. The molecule has 5 heteroatoms. The lowest BCUT2D eigenvalue weighted by atomic mass is 9.98. The van der Waals surface area contributed by atoms with E-state index in [1.165, 1.54) is 0 Å². The number of carbonyl (C=O) groups is 1. The van der Waals surface area contributed by atoms with Crippen LogP contribution in [0.25, 0.3) is 10.9 Å². The fraction of sp³-hybridized carbons (Fsp3) is 0.375. The molecule has 110 valence electrons. The first-order valence-corrected chi connectivity index (χ1v) is 6.99. The number of aromatic nitrogens is 1. The van der Waals surface area contributed by atoms with E-state index < -0.39 is 0 Å². The van der Waals surface area contributed by atoms with Crippen molar-refractivity contribution in [3.05, 3.63) is 30.3 Å². The Hall–Kier alpha value is -2.30. The highest BCUT2D eigenvalue weighted by Gasteiger charge is 2.34. The monoisotopic (exact) mass is 285 g/mol. The quantitative estimate of drug-likeness (QED) is 0.862. The van der Waals surface area contributed by atoms with Crippen LogP contribution in [-0.4, -0.2) is 50.1 Å². The maximum absolute atomic E-state index is 11.8. The van der Waals surface area contributed by atoms with Crippen LogP contribution in [-0.2, 0) is 4.79 Å². The summed E-state index contributed by atoms with van der Waals surface area (Å²) in [6.07, 6.45) is 0. The molecule has 21 heavy (non-hydrogen) atoms. The lowest BCUT2D eigenvalue weighted by molar-refractivity contribution is -0.133. The molecule has 0 saturated carbocycles. The molecule has 5 nitrogen and oxygen atoms in total. The van der Waals surface area contributed by atoms with E-state index in [0.717, 1.165) is 35.6 Å². The fourth-order valence-corrected chi connectivity index (χ4v) is 2.58. The Kier molecular flexibility index (Phi) is 3.41. The summed E-state index contributed by atoms with van der Waals surface area (Å²) in [5.74, 6) is 2.04. The number of rotatable bonds is 3. The Morgan fingerprint density at radius 3 is 2.71 bits per heavy atom. The highest BCUT2D eigenvalue weighted by molar-refractivity contribution is 5.84. The van der Waals surface area contributed by atoms with Crippen molar-refractivity contribution in [1.29, 1.82) is 0 Å². The molecular weight excluding hydrogens is 266 g/mol.